The maximum atomic E-state index is 5.57. The van der Waals surface area contributed by atoms with Crippen LogP contribution in [0.4, 0.5) is 5.69 Å². The van der Waals surface area contributed by atoms with E-state index >= 15 is 0 Å². The van der Waals surface area contributed by atoms with Gasteiger partial charge in [-0.05, 0) is 24.0 Å². The first-order valence-corrected chi connectivity index (χ1v) is 5.81. The molecule has 2 rings (SSSR count). The highest BCUT2D eigenvalue weighted by molar-refractivity contribution is 5.93. The van der Waals surface area contributed by atoms with Crippen molar-refractivity contribution in [2.45, 2.75) is 33.1 Å². The smallest absolute Gasteiger partial charge is 0.0763 e. The summed E-state index contributed by atoms with van der Waals surface area (Å²) in [5.74, 6) is 5.57. The monoisotopic (exact) mass is 229 g/mol. The molecule has 0 amide bonds. The van der Waals surface area contributed by atoms with E-state index in [-0.39, 0.29) is 5.41 Å². The number of hydrogen-bond donors (Lipinski definition) is 2. The summed E-state index contributed by atoms with van der Waals surface area (Å²) in [6.07, 6.45) is 0. The molecule has 0 saturated heterocycles. The molecule has 1 aromatic carbocycles. The first-order valence-electron chi connectivity index (χ1n) is 5.81. The van der Waals surface area contributed by atoms with Crippen LogP contribution in [0.1, 0.15) is 32.0 Å². The first-order chi connectivity index (χ1) is 7.93. The van der Waals surface area contributed by atoms with E-state index < -0.39 is 0 Å². The van der Waals surface area contributed by atoms with Crippen LogP contribution in [0, 0.1) is 6.92 Å². The van der Waals surface area contributed by atoms with Gasteiger partial charge in [0, 0.05) is 11.1 Å². The van der Waals surface area contributed by atoms with Crippen molar-refractivity contribution in [1.82, 2.24) is 4.98 Å². The van der Waals surface area contributed by atoms with Gasteiger partial charge in [-0.3, -0.25) is 10.8 Å². The molecular weight excluding hydrogens is 210 g/mol. The Morgan fingerprint density at radius 1 is 1.24 bits per heavy atom. The number of rotatable bonds is 1. The van der Waals surface area contributed by atoms with Gasteiger partial charge in [0.2, 0.25) is 0 Å². The Morgan fingerprint density at radius 3 is 2.53 bits per heavy atom. The number of nitrogens with zero attached hydrogens (tertiary/aromatic N) is 1. The maximum absolute atomic E-state index is 5.57. The number of nitrogens with one attached hydrogen (secondary N) is 1. The van der Waals surface area contributed by atoms with Crippen LogP contribution in [0.15, 0.2) is 24.3 Å². The van der Waals surface area contributed by atoms with Crippen LogP contribution in [0.25, 0.3) is 10.9 Å². The summed E-state index contributed by atoms with van der Waals surface area (Å²) in [7, 11) is 0. The Bertz CT molecular complexity index is 553. The topological polar surface area (TPSA) is 50.9 Å². The van der Waals surface area contributed by atoms with Gasteiger partial charge in [0.25, 0.3) is 0 Å². The number of aryl methyl sites for hydroxylation is 1. The van der Waals surface area contributed by atoms with Gasteiger partial charge in [-0.2, -0.15) is 0 Å². The molecule has 1 heterocycles. The van der Waals surface area contributed by atoms with Gasteiger partial charge in [0.05, 0.1) is 11.2 Å². The molecule has 17 heavy (non-hydrogen) atoms. The number of nitrogen functional groups attached to an aromatic ring is 1. The van der Waals surface area contributed by atoms with E-state index in [0.29, 0.717) is 0 Å². The summed E-state index contributed by atoms with van der Waals surface area (Å²) >= 11 is 0. The van der Waals surface area contributed by atoms with Crippen molar-refractivity contribution in [3.8, 4) is 0 Å². The fourth-order valence-corrected chi connectivity index (χ4v) is 2.10. The number of para-hydroxylation sites is 1. The summed E-state index contributed by atoms with van der Waals surface area (Å²) < 4.78 is 0. The molecule has 0 aliphatic rings. The molecule has 0 aliphatic heterocycles. The van der Waals surface area contributed by atoms with E-state index in [1.807, 2.05) is 19.1 Å². The SMILES string of the molecule is Cc1cc(NN)c2cccc(C(C)(C)C)c2n1. The van der Waals surface area contributed by atoms with Gasteiger partial charge in [-0.25, -0.2) is 0 Å². The molecule has 0 spiro atoms. The summed E-state index contributed by atoms with van der Waals surface area (Å²) in [6, 6.07) is 8.21. The molecule has 0 radical (unpaired) electrons. The van der Waals surface area contributed by atoms with Crippen LogP contribution >= 0.6 is 0 Å². The Morgan fingerprint density at radius 2 is 1.94 bits per heavy atom. The highest BCUT2D eigenvalue weighted by Crippen LogP contribution is 2.32. The van der Waals surface area contributed by atoms with Crippen LogP contribution in [0.3, 0.4) is 0 Å². The molecule has 0 bridgehead atoms. The second-order valence-corrected chi connectivity index (χ2v) is 5.41. The number of nitrogens with two attached hydrogens (primary N) is 1. The average Bonchev–Trinajstić information content (AvgIpc) is 2.25. The van der Waals surface area contributed by atoms with E-state index in [1.54, 1.807) is 0 Å². The minimum absolute atomic E-state index is 0.0756. The number of hydrazine groups is 1. The molecule has 0 fully saturated rings. The summed E-state index contributed by atoms with van der Waals surface area (Å²) in [5.41, 5.74) is 7.01. The molecule has 2 aromatic rings. The lowest BCUT2D eigenvalue weighted by atomic mass is 9.85. The van der Waals surface area contributed by atoms with Crippen molar-refractivity contribution < 1.29 is 0 Å². The van der Waals surface area contributed by atoms with Crippen molar-refractivity contribution in [3.05, 3.63) is 35.5 Å². The lowest BCUT2D eigenvalue weighted by Gasteiger charge is -2.21. The van der Waals surface area contributed by atoms with Gasteiger partial charge in [-0.15, -0.1) is 0 Å². The fourth-order valence-electron chi connectivity index (χ4n) is 2.10. The van der Waals surface area contributed by atoms with Gasteiger partial charge in [0.1, 0.15) is 0 Å². The molecule has 90 valence electrons. The molecule has 0 saturated carbocycles. The van der Waals surface area contributed by atoms with Crippen molar-refractivity contribution in [1.29, 1.82) is 0 Å². The van der Waals surface area contributed by atoms with Gasteiger partial charge < -0.3 is 5.43 Å². The van der Waals surface area contributed by atoms with E-state index in [9.17, 15) is 0 Å². The van der Waals surface area contributed by atoms with E-state index in [4.69, 9.17) is 5.84 Å². The normalized spacial score (nSPS) is 11.8. The summed E-state index contributed by atoms with van der Waals surface area (Å²) in [4.78, 5) is 4.66. The standard InChI is InChI=1S/C14H19N3/c1-9-8-12(17-15)10-6-5-7-11(13(10)16-9)14(2,3)4/h5-8H,15H2,1-4H3,(H,16,17). The molecule has 0 unspecified atom stereocenters. The van der Waals surface area contributed by atoms with Crippen LogP contribution < -0.4 is 11.3 Å². The zero-order chi connectivity index (χ0) is 12.6. The molecule has 3 nitrogen and oxygen atoms in total. The highest BCUT2D eigenvalue weighted by Gasteiger charge is 2.18. The largest absolute Gasteiger partial charge is 0.323 e. The zero-order valence-corrected chi connectivity index (χ0v) is 10.8. The zero-order valence-electron chi connectivity index (χ0n) is 10.8. The lowest BCUT2D eigenvalue weighted by molar-refractivity contribution is 0.594. The molecule has 0 atom stereocenters. The second kappa shape index (κ2) is 4.00. The highest BCUT2D eigenvalue weighted by atomic mass is 15.2. The third-order valence-corrected chi connectivity index (χ3v) is 2.93. The molecule has 3 N–H and O–H groups in total. The van der Waals surface area contributed by atoms with Crippen LogP contribution in [0.5, 0.6) is 0 Å². The quantitative estimate of drug-likeness (QED) is 0.583. The number of pyridine rings is 1. The van der Waals surface area contributed by atoms with Crippen LogP contribution in [0.2, 0.25) is 0 Å². The molecule has 0 aliphatic carbocycles. The van der Waals surface area contributed by atoms with Crippen LogP contribution in [-0.4, -0.2) is 4.98 Å². The minimum atomic E-state index is 0.0756. The fraction of sp³-hybridized carbons (Fsp3) is 0.357. The van der Waals surface area contributed by atoms with E-state index in [1.165, 1.54) is 5.56 Å². The minimum Gasteiger partial charge on any atom is -0.323 e. The van der Waals surface area contributed by atoms with Gasteiger partial charge >= 0.3 is 0 Å². The van der Waals surface area contributed by atoms with Crippen molar-refractivity contribution in [2.75, 3.05) is 5.43 Å². The Balaban J connectivity index is 2.85. The number of anilines is 1. The maximum Gasteiger partial charge on any atom is 0.0763 e. The Labute approximate surface area is 102 Å². The Hall–Kier alpha value is -1.61. The predicted octanol–water partition coefficient (Wildman–Crippen LogP) is 3.13. The third-order valence-electron chi connectivity index (χ3n) is 2.93. The second-order valence-electron chi connectivity index (χ2n) is 5.41. The van der Waals surface area contributed by atoms with Gasteiger partial charge in [-0.1, -0.05) is 39.0 Å². The molecule has 3 heteroatoms. The third kappa shape index (κ3) is 2.11. The first kappa shape index (κ1) is 11.9. The average molecular weight is 229 g/mol. The number of hydrogen-bond acceptors (Lipinski definition) is 3. The lowest BCUT2D eigenvalue weighted by Crippen LogP contribution is -2.14. The van der Waals surface area contributed by atoms with Crippen molar-refractivity contribution in [3.63, 3.8) is 0 Å². The number of benzene rings is 1. The van der Waals surface area contributed by atoms with Crippen molar-refractivity contribution >= 4 is 16.6 Å². The van der Waals surface area contributed by atoms with Crippen LogP contribution in [-0.2, 0) is 5.41 Å². The predicted molar refractivity (Wildman–Crippen MR) is 73.0 cm³/mol. The number of aromatic nitrogens is 1. The molecule has 1 aromatic heterocycles. The summed E-state index contributed by atoms with van der Waals surface area (Å²) in [5, 5.41) is 1.07. The van der Waals surface area contributed by atoms with Gasteiger partial charge in [0.15, 0.2) is 0 Å². The van der Waals surface area contributed by atoms with E-state index in [2.05, 4.69) is 43.3 Å². The summed E-state index contributed by atoms with van der Waals surface area (Å²) in [6.45, 7) is 8.57. The Kier molecular flexibility index (Phi) is 2.79. The van der Waals surface area contributed by atoms with E-state index in [0.717, 1.165) is 22.3 Å². The van der Waals surface area contributed by atoms with Crippen molar-refractivity contribution in [2.24, 2.45) is 5.84 Å². The molecular formula is C14H19N3. The number of fused-ring (bicyclic) bond motifs is 1.